The number of hydrogen-bond donors (Lipinski definition) is 1. The largest absolute Gasteiger partial charge is 0.489 e. The van der Waals surface area contributed by atoms with Crippen LogP contribution in [0.1, 0.15) is 60.4 Å². The van der Waals surface area contributed by atoms with Crippen LogP contribution in [0.3, 0.4) is 0 Å². The summed E-state index contributed by atoms with van der Waals surface area (Å²) in [4.78, 5) is 13.3. The Hall–Kier alpha value is -3.23. The van der Waals surface area contributed by atoms with Gasteiger partial charge in [0.25, 0.3) is 0 Å². The van der Waals surface area contributed by atoms with Crippen molar-refractivity contribution < 1.29 is 14.3 Å². The van der Waals surface area contributed by atoms with Crippen LogP contribution >= 0.6 is 11.6 Å². The molecule has 0 saturated heterocycles. The average Bonchev–Trinajstić information content (AvgIpc) is 2.72. The summed E-state index contributed by atoms with van der Waals surface area (Å²) in [5, 5.41) is 10.6. The highest BCUT2D eigenvalue weighted by Crippen LogP contribution is 2.48. The third-order valence-corrected chi connectivity index (χ3v) is 6.87. The van der Waals surface area contributed by atoms with Gasteiger partial charge in [0, 0.05) is 23.4 Å². The maximum absolute atomic E-state index is 13.3. The Morgan fingerprint density at radius 3 is 2.56 bits per heavy atom. The zero-order valence-electron chi connectivity index (χ0n) is 20.2. The summed E-state index contributed by atoms with van der Waals surface area (Å²) >= 11 is 6.07. The van der Waals surface area contributed by atoms with E-state index in [2.05, 4.69) is 12.1 Å². The number of nitrogens with two attached hydrogens (primary N) is 1. The number of rotatable bonds is 4. The predicted molar refractivity (Wildman–Crippen MR) is 132 cm³/mol. The van der Waals surface area contributed by atoms with Gasteiger partial charge >= 0.3 is 0 Å². The molecule has 2 aliphatic rings. The molecular formula is C28H29ClN2O3. The summed E-state index contributed by atoms with van der Waals surface area (Å²) in [6.45, 7) is 10.4. The standard InChI is InChI=1S/C28H29ClN2O3/c1-15-8-16(2)20(10-18(15)14-33-23-7-6-19(29)9-17(23)3)25-21(13-30)27(31)34-24-12-28(4,5)11-22(32)26(24)25/h6-10,25H,11-12,14,31H2,1-5H3/t25-/m1/s1. The van der Waals surface area contributed by atoms with Crippen LogP contribution < -0.4 is 10.5 Å². The molecule has 4 rings (SSSR count). The summed E-state index contributed by atoms with van der Waals surface area (Å²) in [7, 11) is 0. The van der Waals surface area contributed by atoms with Crippen LogP contribution in [0, 0.1) is 37.5 Å². The van der Waals surface area contributed by atoms with Gasteiger partial charge in [-0.1, -0.05) is 37.6 Å². The molecule has 6 heteroatoms. The van der Waals surface area contributed by atoms with Crippen molar-refractivity contribution in [1.29, 1.82) is 5.26 Å². The van der Waals surface area contributed by atoms with E-state index >= 15 is 0 Å². The molecule has 0 radical (unpaired) electrons. The van der Waals surface area contributed by atoms with Crippen LogP contribution in [0.25, 0.3) is 0 Å². The van der Waals surface area contributed by atoms with E-state index in [4.69, 9.17) is 26.8 Å². The first-order valence-corrected chi connectivity index (χ1v) is 11.7. The van der Waals surface area contributed by atoms with Gasteiger partial charge in [0.2, 0.25) is 5.88 Å². The Morgan fingerprint density at radius 1 is 1.15 bits per heavy atom. The highest BCUT2D eigenvalue weighted by atomic mass is 35.5. The molecule has 0 saturated carbocycles. The number of benzene rings is 2. The lowest BCUT2D eigenvalue weighted by atomic mass is 9.69. The molecule has 1 aliphatic heterocycles. The number of nitrogens with zero attached hydrogens (tertiary/aromatic N) is 1. The Kier molecular flexibility index (Phi) is 6.22. The van der Waals surface area contributed by atoms with E-state index in [1.807, 2.05) is 52.8 Å². The molecule has 2 aromatic rings. The molecule has 0 amide bonds. The number of allylic oxidation sites excluding steroid dienone is 3. The van der Waals surface area contributed by atoms with Gasteiger partial charge in [-0.15, -0.1) is 0 Å². The Morgan fingerprint density at radius 2 is 1.88 bits per heavy atom. The molecule has 2 N–H and O–H groups in total. The number of Topliss-reactive ketones (excluding diaryl/α,β-unsaturated/α-hetero) is 1. The molecule has 0 unspecified atom stereocenters. The molecule has 0 aromatic heterocycles. The minimum absolute atomic E-state index is 0.00561. The van der Waals surface area contributed by atoms with Gasteiger partial charge in [-0.05, 0) is 72.2 Å². The minimum atomic E-state index is -0.547. The second-order valence-electron chi connectivity index (χ2n) is 10.0. The van der Waals surface area contributed by atoms with E-state index in [1.165, 1.54) is 0 Å². The molecular weight excluding hydrogens is 448 g/mol. The molecule has 176 valence electrons. The zero-order chi connectivity index (χ0) is 24.8. The highest BCUT2D eigenvalue weighted by molar-refractivity contribution is 6.30. The quantitative estimate of drug-likeness (QED) is 0.560. The number of hydrogen-bond acceptors (Lipinski definition) is 5. The fraction of sp³-hybridized carbons (Fsp3) is 0.357. The topological polar surface area (TPSA) is 85.3 Å². The first-order chi connectivity index (χ1) is 16.0. The molecule has 34 heavy (non-hydrogen) atoms. The lowest BCUT2D eigenvalue weighted by Crippen LogP contribution is -2.33. The number of nitriles is 1. The van der Waals surface area contributed by atoms with Gasteiger partial charge in [-0.25, -0.2) is 0 Å². The summed E-state index contributed by atoms with van der Waals surface area (Å²) < 4.78 is 11.9. The fourth-order valence-electron chi connectivity index (χ4n) is 4.91. The molecule has 0 bridgehead atoms. The zero-order valence-corrected chi connectivity index (χ0v) is 21.0. The predicted octanol–water partition coefficient (Wildman–Crippen LogP) is 6.30. The van der Waals surface area contributed by atoms with E-state index in [0.29, 0.717) is 35.8 Å². The lowest BCUT2D eigenvalue weighted by Gasteiger charge is -2.37. The van der Waals surface area contributed by atoms with Gasteiger partial charge in [0.1, 0.15) is 29.8 Å². The second kappa shape index (κ2) is 8.85. The Balaban J connectivity index is 1.77. The van der Waals surface area contributed by atoms with Crippen molar-refractivity contribution in [3.8, 4) is 11.8 Å². The first-order valence-electron chi connectivity index (χ1n) is 11.3. The molecule has 0 fully saturated rings. The molecule has 1 atom stereocenters. The van der Waals surface area contributed by atoms with E-state index in [9.17, 15) is 10.1 Å². The molecule has 1 heterocycles. The maximum Gasteiger partial charge on any atom is 0.205 e. The number of halogens is 1. The third-order valence-electron chi connectivity index (χ3n) is 6.63. The summed E-state index contributed by atoms with van der Waals surface area (Å²) in [5.74, 6) is 0.872. The average molecular weight is 477 g/mol. The van der Waals surface area contributed by atoms with Crippen molar-refractivity contribution in [3.05, 3.63) is 86.0 Å². The smallest absolute Gasteiger partial charge is 0.205 e. The minimum Gasteiger partial charge on any atom is -0.489 e. The van der Waals surface area contributed by atoms with Crippen LogP contribution in [0.2, 0.25) is 5.02 Å². The van der Waals surface area contributed by atoms with Gasteiger partial charge in [-0.2, -0.15) is 5.26 Å². The normalized spacial score (nSPS) is 19.4. The second-order valence-corrected chi connectivity index (χ2v) is 10.5. The van der Waals surface area contributed by atoms with Crippen molar-refractivity contribution in [3.63, 3.8) is 0 Å². The SMILES string of the molecule is Cc1cc(C)c([C@@H]2C(C#N)=C(N)OC3=C2C(=O)CC(C)(C)C3)cc1COc1ccc(Cl)cc1C. The van der Waals surface area contributed by atoms with Gasteiger partial charge in [-0.3, -0.25) is 4.79 Å². The summed E-state index contributed by atoms with van der Waals surface area (Å²) in [5.41, 5.74) is 11.7. The van der Waals surface area contributed by atoms with Crippen LogP contribution in [-0.2, 0) is 16.1 Å². The first kappa shape index (κ1) is 23.9. The third kappa shape index (κ3) is 4.43. The number of carbonyl (C=O) groups is 1. The number of aryl methyl sites for hydroxylation is 3. The number of ether oxygens (including phenoxy) is 2. The maximum atomic E-state index is 13.3. The summed E-state index contributed by atoms with van der Waals surface area (Å²) in [6, 6.07) is 11.8. The van der Waals surface area contributed by atoms with E-state index in [0.717, 1.165) is 33.6 Å². The van der Waals surface area contributed by atoms with Crippen molar-refractivity contribution in [2.45, 2.75) is 60.0 Å². The van der Waals surface area contributed by atoms with E-state index in [-0.39, 0.29) is 22.7 Å². The monoisotopic (exact) mass is 476 g/mol. The van der Waals surface area contributed by atoms with Crippen LogP contribution in [-0.4, -0.2) is 5.78 Å². The number of carbonyl (C=O) groups excluding carboxylic acids is 1. The van der Waals surface area contributed by atoms with Gasteiger partial charge < -0.3 is 15.2 Å². The molecule has 0 spiro atoms. The highest BCUT2D eigenvalue weighted by Gasteiger charge is 2.43. The molecule has 2 aromatic carbocycles. The molecule has 1 aliphatic carbocycles. The van der Waals surface area contributed by atoms with E-state index in [1.54, 1.807) is 6.07 Å². The lowest BCUT2D eigenvalue weighted by molar-refractivity contribution is -0.119. The molecule has 5 nitrogen and oxygen atoms in total. The fourth-order valence-corrected chi connectivity index (χ4v) is 5.14. The Labute approximate surface area is 205 Å². The van der Waals surface area contributed by atoms with Crippen molar-refractivity contribution in [1.82, 2.24) is 0 Å². The van der Waals surface area contributed by atoms with Crippen LogP contribution in [0.15, 0.2) is 53.1 Å². The Bertz CT molecular complexity index is 1300. The van der Waals surface area contributed by atoms with Gasteiger partial charge in [0.15, 0.2) is 5.78 Å². The van der Waals surface area contributed by atoms with Crippen molar-refractivity contribution in [2.24, 2.45) is 11.1 Å². The van der Waals surface area contributed by atoms with Crippen LogP contribution in [0.5, 0.6) is 5.75 Å². The van der Waals surface area contributed by atoms with Gasteiger partial charge in [0.05, 0.1) is 5.92 Å². The van der Waals surface area contributed by atoms with Crippen LogP contribution in [0.4, 0.5) is 0 Å². The van der Waals surface area contributed by atoms with Crippen molar-refractivity contribution >= 4 is 17.4 Å². The van der Waals surface area contributed by atoms with E-state index < -0.39 is 5.92 Å². The summed E-state index contributed by atoms with van der Waals surface area (Å²) in [6.07, 6.45) is 1.00. The number of ketones is 1. The van der Waals surface area contributed by atoms with Crippen molar-refractivity contribution in [2.75, 3.05) is 0 Å².